The number of likely N-dealkylation sites (tertiary alicyclic amines) is 1. The van der Waals surface area contributed by atoms with Crippen LogP contribution in [-0.4, -0.2) is 50.8 Å². The monoisotopic (exact) mass is 492 g/mol. The van der Waals surface area contributed by atoms with E-state index < -0.39 is 16.1 Å². The Morgan fingerprint density at radius 3 is 2.39 bits per heavy atom. The summed E-state index contributed by atoms with van der Waals surface area (Å²) in [6, 6.07) is 9.02. The van der Waals surface area contributed by atoms with Gasteiger partial charge in [-0.25, -0.2) is 8.42 Å². The molecule has 1 aliphatic heterocycles. The van der Waals surface area contributed by atoms with Gasteiger partial charge in [-0.15, -0.1) is 11.3 Å². The number of anilines is 1. The van der Waals surface area contributed by atoms with Crippen molar-refractivity contribution in [1.82, 2.24) is 14.9 Å². The Labute approximate surface area is 199 Å². The second-order valence-corrected chi connectivity index (χ2v) is 11.2. The van der Waals surface area contributed by atoms with Gasteiger partial charge in [0.2, 0.25) is 21.8 Å². The fourth-order valence-corrected chi connectivity index (χ4v) is 5.92. The third-order valence-corrected chi connectivity index (χ3v) is 8.34. The molecule has 3 N–H and O–H groups in total. The molecule has 1 aromatic heterocycles. The highest BCUT2D eigenvalue weighted by Crippen LogP contribution is 2.29. The van der Waals surface area contributed by atoms with Crippen LogP contribution in [-0.2, 0) is 19.6 Å². The maximum absolute atomic E-state index is 12.7. The summed E-state index contributed by atoms with van der Waals surface area (Å²) in [5.41, 5.74) is 0.499. The molecule has 1 aliphatic rings. The molecule has 33 heavy (non-hydrogen) atoms. The molecule has 3 rings (SSSR count). The van der Waals surface area contributed by atoms with Crippen molar-refractivity contribution < 1.29 is 18.0 Å². The van der Waals surface area contributed by atoms with Crippen molar-refractivity contribution in [3.63, 3.8) is 0 Å². The van der Waals surface area contributed by atoms with E-state index in [1.165, 1.54) is 43.0 Å². The zero-order valence-corrected chi connectivity index (χ0v) is 20.8. The molecule has 2 aromatic rings. The molecule has 2 amide bonds. The number of thiophene rings is 1. The van der Waals surface area contributed by atoms with Crippen molar-refractivity contribution in [1.29, 1.82) is 0 Å². The first-order valence-electron chi connectivity index (χ1n) is 11.1. The van der Waals surface area contributed by atoms with Crippen molar-refractivity contribution >= 4 is 38.9 Å². The second-order valence-electron chi connectivity index (χ2n) is 8.54. The third-order valence-electron chi connectivity index (χ3n) is 5.81. The number of nitrogens with one attached hydrogen (secondary N) is 3. The smallest absolute Gasteiger partial charge is 0.241 e. The molecule has 0 radical (unpaired) electrons. The number of amides is 2. The lowest BCUT2D eigenvalue weighted by Crippen LogP contribution is -2.48. The van der Waals surface area contributed by atoms with Gasteiger partial charge in [0, 0.05) is 24.0 Å². The third kappa shape index (κ3) is 7.10. The van der Waals surface area contributed by atoms with Crippen molar-refractivity contribution in [2.24, 2.45) is 5.92 Å². The molecule has 1 aromatic carbocycles. The van der Waals surface area contributed by atoms with E-state index in [1.54, 1.807) is 11.3 Å². The summed E-state index contributed by atoms with van der Waals surface area (Å²) in [6.45, 7) is 7.56. The molecule has 1 saturated heterocycles. The highest BCUT2D eigenvalue weighted by molar-refractivity contribution is 7.89. The zero-order chi connectivity index (χ0) is 24.0. The first-order chi connectivity index (χ1) is 15.7. The number of hydrogen-bond acceptors (Lipinski definition) is 6. The average molecular weight is 493 g/mol. The molecule has 180 valence electrons. The Hall–Kier alpha value is -2.27. The highest BCUT2D eigenvalue weighted by Gasteiger charge is 2.27. The minimum atomic E-state index is -3.89. The van der Waals surface area contributed by atoms with Gasteiger partial charge >= 0.3 is 0 Å². The van der Waals surface area contributed by atoms with E-state index in [9.17, 15) is 18.0 Å². The van der Waals surface area contributed by atoms with Gasteiger partial charge in [-0.2, -0.15) is 4.72 Å². The maximum atomic E-state index is 12.7. The van der Waals surface area contributed by atoms with Crippen LogP contribution >= 0.6 is 11.3 Å². The summed E-state index contributed by atoms with van der Waals surface area (Å²) < 4.78 is 27.8. The topological polar surface area (TPSA) is 108 Å². The lowest BCUT2D eigenvalue weighted by atomic mass is 9.97. The number of hydrogen-bond donors (Lipinski definition) is 3. The first-order valence-corrected chi connectivity index (χ1v) is 13.5. The van der Waals surface area contributed by atoms with Gasteiger partial charge in [0.15, 0.2) is 0 Å². The quantitative estimate of drug-likeness (QED) is 0.499. The number of piperidine rings is 1. The van der Waals surface area contributed by atoms with Gasteiger partial charge in [0.05, 0.1) is 17.0 Å². The molecule has 0 spiro atoms. The Balaban J connectivity index is 1.60. The molecule has 2 heterocycles. The van der Waals surface area contributed by atoms with Gasteiger partial charge in [0.1, 0.15) is 0 Å². The van der Waals surface area contributed by atoms with Gasteiger partial charge in [-0.3, -0.25) is 14.5 Å². The number of carbonyl (C=O) groups excluding carboxylic acids is 2. The SMILES string of the molecule is CC(=O)Nc1ccc(S(=O)(=O)N[C@@H](C)C(=O)NCC(c2cccs2)N2CCC(C)CC2)cc1. The highest BCUT2D eigenvalue weighted by atomic mass is 32.2. The first kappa shape index (κ1) is 25.4. The van der Waals surface area contributed by atoms with Crippen molar-refractivity contribution in [2.75, 3.05) is 25.0 Å². The van der Waals surface area contributed by atoms with E-state index in [0.29, 0.717) is 18.2 Å². The van der Waals surface area contributed by atoms with Crippen LogP contribution in [0.25, 0.3) is 0 Å². The molecule has 0 saturated carbocycles. The maximum Gasteiger partial charge on any atom is 0.241 e. The molecule has 1 fully saturated rings. The number of benzene rings is 1. The second kappa shape index (κ2) is 11.2. The summed E-state index contributed by atoms with van der Waals surface area (Å²) in [5, 5.41) is 7.56. The summed E-state index contributed by atoms with van der Waals surface area (Å²) in [5.74, 6) is 0.0934. The predicted octanol–water partition coefficient (Wildman–Crippen LogP) is 2.96. The minimum Gasteiger partial charge on any atom is -0.353 e. The Morgan fingerprint density at radius 1 is 1.15 bits per heavy atom. The van der Waals surface area contributed by atoms with E-state index in [-0.39, 0.29) is 22.8 Å². The van der Waals surface area contributed by atoms with E-state index >= 15 is 0 Å². The average Bonchev–Trinajstić information content (AvgIpc) is 3.29. The lowest BCUT2D eigenvalue weighted by Gasteiger charge is -2.36. The van der Waals surface area contributed by atoms with Crippen molar-refractivity contribution in [2.45, 2.75) is 50.6 Å². The van der Waals surface area contributed by atoms with E-state index in [1.807, 2.05) is 11.4 Å². The molecule has 10 heteroatoms. The molecule has 2 atom stereocenters. The molecule has 1 unspecified atom stereocenters. The van der Waals surface area contributed by atoms with Crippen LogP contribution in [0, 0.1) is 5.92 Å². The Bertz CT molecular complexity index is 1030. The normalized spacial score (nSPS) is 17.3. The zero-order valence-electron chi connectivity index (χ0n) is 19.2. The molecular weight excluding hydrogens is 460 g/mol. The summed E-state index contributed by atoms with van der Waals surface area (Å²) in [6.07, 6.45) is 2.26. The molecule has 8 nitrogen and oxygen atoms in total. The standard InChI is InChI=1S/C23H32N4O4S2/c1-16-10-12-27(13-11-16)21(22-5-4-14-32-22)15-24-23(29)17(2)26-33(30,31)20-8-6-19(7-9-20)25-18(3)28/h4-9,14,16-17,21,26H,10-13,15H2,1-3H3,(H,24,29)(H,25,28)/t17-,21?/m0/s1. The van der Waals surface area contributed by atoms with Crippen LogP contribution in [0.2, 0.25) is 0 Å². The Morgan fingerprint density at radius 2 is 1.82 bits per heavy atom. The van der Waals surface area contributed by atoms with Crippen LogP contribution in [0.4, 0.5) is 5.69 Å². The minimum absolute atomic E-state index is 0.0233. The fraction of sp³-hybridized carbons (Fsp3) is 0.478. The predicted molar refractivity (Wildman–Crippen MR) is 131 cm³/mol. The molecule has 0 bridgehead atoms. The Kier molecular flexibility index (Phi) is 8.63. The van der Waals surface area contributed by atoms with Crippen molar-refractivity contribution in [3.8, 4) is 0 Å². The van der Waals surface area contributed by atoms with Crippen LogP contribution in [0.1, 0.15) is 44.5 Å². The number of sulfonamides is 1. The molecule has 0 aliphatic carbocycles. The van der Waals surface area contributed by atoms with Gasteiger partial charge < -0.3 is 10.6 Å². The van der Waals surface area contributed by atoms with Gasteiger partial charge in [-0.05, 0) is 74.5 Å². The van der Waals surface area contributed by atoms with Crippen LogP contribution in [0.3, 0.4) is 0 Å². The van der Waals surface area contributed by atoms with E-state index in [2.05, 4.69) is 33.2 Å². The number of carbonyl (C=O) groups is 2. The fourth-order valence-electron chi connectivity index (χ4n) is 3.86. The summed E-state index contributed by atoms with van der Waals surface area (Å²) in [4.78, 5) is 27.5. The largest absolute Gasteiger partial charge is 0.353 e. The van der Waals surface area contributed by atoms with E-state index in [0.717, 1.165) is 25.9 Å². The van der Waals surface area contributed by atoms with Gasteiger partial charge in [0.25, 0.3) is 0 Å². The summed E-state index contributed by atoms with van der Waals surface area (Å²) in [7, 11) is -3.89. The van der Waals surface area contributed by atoms with Crippen molar-refractivity contribution in [3.05, 3.63) is 46.7 Å². The van der Waals surface area contributed by atoms with Crippen LogP contribution in [0.15, 0.2) is 46.7 Å². The van der Waals surface area contributed by atoms with Crippen LogP contribution in [0.5, 0.6) is 0 Å². The lowest BCUT2D eigenvalue weighted by molar-refractivity contribution is -0.122. The van der Waals surface area contributed by atoms with Crippen LogP contribution < -0.4 is 15.4 Å². The van der Waals surface area contributed by atoms with E-state index in [4.69, 9.17) is 0 Å². The number of nitrogens with zero attached hydrogens (tertiary/aromatic N) is 1. The summed E-state index contributed by atoms with van der Waals surface area (Å²) >= 11 is 1.67. The number of rotatable bonds is 9. The van der Waals surface area contributed by atoms with Gasteiger partial charge in [-0.1, -0.05) is 13.0 Å². The molecular formula is C23H32N4O4S2.